The Morgan fingerprint density at radius 2 is 1.90 bits per heavy atom. The minimum Gasteiger partial charge on any atom is -0.496 e. The topological polar surface area (TPSA) is 48.1 Å². The summed E-state index contributed by atoms with van der Waals surface area (Å²) >= 11 is 1.77. The Kier molecular flexibility index (Phi) is 5.04. The van der Waals surface area contributed by atoms with Crippen LogP contribution in [0.5, 0.6) is 5.75 Å². The molecule has 4 heteroatoms. The highest BCUT2D eigenvalue weighted by atomic mass is 32.2. The average Bonchev–Trinajstić information content (AvgIpc) is 2.47. The van der Waals surface area contributed by atoms with Gasteiger partial charge in [0, 0.05) is 34.5 Å². The van der Waals surface area contributed by atoms with Crippen LogP contribution in [0.2, 0.25) is 0 Å². The van der Waals surface area contributed by atoms with Crippen LogP contribution in [0.4, 0.5) is 0 Å². The molecule has 0 unspecified atom stereocenters. The van der Waals surface area contributed by atoms with E-state index in [2.05, 4.69) is 36.2 Å². The van der Waals surface area contributed by atoms with E-state index in [1.165, 1.54) is 4.90 Å². The molecular formula is C16H20N2OS. The Morgan fingerprint density at radius 3 is 2.50 bits per heavy atom. The third-order valence-corrected chi connectivity index (χ3v) is 4.31. The van der Waals surface area contributed by atoms with Crippen molar-refractivity contribution < 1.29 is 4.74 Å². The fourth-order valence-corrected chi connectivity index (χ4v) is 3.01. The van der Waals surface area contributed by atoms with Crippen LogP contribution >= 0.6 is 11.8 Å². The predicted molar refractivity (Wildman–Crippen MR) is 84.2 cm³/mol. The number of aromatic nitrogens is 1. The van der Waals surface area contributed by atoms with E-state index in [4.69, 9.17) is 10.5 Å². The second-order valence-electron chi connectivity index (χ2n) is 4.68. The molecule has 1 heterocycles. The molecule has 0 atom stereocenters. The average molecular weight is 288 g/mol. The molecule has 0 saturated carbocycles. The molecule has 20 heavy (non-hydrogen) atoms. The van der Waals surface area contributed by atoms with E-state index in [1.54, 1.807) is 18.9 Å². The number of rotatable bonds is 5. The van der Waals surface area contributed by atoms with Gasteiger partial charge in [0.15, 0.2) is 0 Å². The van der Waals surface area contributed by atoms with Crippen molar-refractivity contribution in [3.05, 3.63) is 52.8 Å². The number of ether oxygens (including phenoxy) is 1. The number of thioether (sulfide) groups is 1. The van der Waals surface area contributed by atoms with Crippen LogP contribution in [0.3, 0.4) is 0 Å². The van der Waals surface area contributed by atoms with Gasteiger partial charge in [-0.15, -0.1) is 11.8 Å². The second-order valence-corrected chi connectivity index (χ2v) is 5.73. The van der Waals surface area contributed by atoms with Gasteiger partial charge in [-0.05, 0) is 31.5 Å². The summed E-state index contributed by atoms with van der Waals surface area (Å²) in [4.78, 5) is 5.74. The first-order chi connectivity index (χ1) is 9.65. The van der Waals surface area contributed by atoms with Crippen molar-refractivity contribution in [2.45, 2.75) is 31.0 Å². The predicted octanol–water partition coefficient (Wildman–Crippen LogP) is 3.46. The normalized spacial score (nSPS) is 10.6. The number of nitrogens with zero attached hydrogens (tertiary/aromatic N) is 1. The molecule has 0 aliphatic carbocycles. The van der Waals surface area contributed by atoms with E-state index >= 15 is 0 Å². The Labute approximate surface area is 124 Å². The SMILES string of the molecule is COc1c(C)cnc(CSc2ccc(CN)cc2)c1C. The summed E-state index contributed by atoms with van der Waals surface area (Å²) in [7, 11) is 1.71. The summed E-state index contributed by atoms with van der Waals surface area (Å²) in [5.74, 6) is 1.78. The Hall–Kier alpha value is -1.52. The van der Waals surface area contributed by atoms with Crippen molar-refractivity contribution in [1.82, 2.24) is 4.98 Å². The lowest BCUT2D eigenvalue weighted by Crippen LogP contribution is -1.98. The first-order valence-electron chi connectivity index (χ1n) is 6.56. The van der Waals surface area contributed by atoms with Crippen LogP contribution in [0.15, 0.2) is 35.4 Å². The highest BCUT2D eigenvalue weighted by molar-refractivity contribution is 7.98. The van der Waals surface area contributed by atoms with Crippen molar-refractivity contribution in [3.8, 4) is 5.75 Å². The van der Waals surface area contributed by atoms with Crippen molar-refractivity contribution >= 4 is 11.8 Å². The molecule has 3 nitrogen and oxygen atoms in total. The van der Waals surface area contributed by atoms with Gasteiger partial charge >= 0.3 is 0 Å². The maximum Gasteiger partial charge on any atom is 0.128 e. The fourth-order valence-electron chi connectivity index (χ4n) is 2.09. The standard InChI is InChI=1S/C16H20N2OS/c1-11-9-18-15(12(2)16(11)19-3)10-20-14-6-4-13(8-17)5-7-14/h4-7,9H,8,10,17H2,1-3H3. The summed E-state index contributed by atoms with van der Waals surface area (Å²) in [5, 5.41) is 0. The summed E-state index contributed by atoms with van der Waals surface area (Å²) in [5.41, 5.74) is 10.0. The molecule has 0 radical (unpaired) electrons. The smallest absolute Gasteiger partial charge is 0.128 e. The Bertz CT molecular complexity index is 582. The molecule has 2 rings (SSSR count). The molecule has 2 aromatic rings. The first kappa shape index (κ1) is 14.9. The fraction of sp³-hybridized carbons (Fsp3) is 0.312. The summed E-state index contributed by atoms with van der Waals surface area (Å²) in [6.45, 7) is 4.66. The highest BCUT2D eigenvalue weighted by Crippen LogP contribution is 2.29. The summed E-state index contributed by atoms with van der Waals surface area (Å²) in [6.07, 6.45) is 1.87. The molecule has 0 bridgehead atoms. The van der Waals surface area contributed by atoms with Crippen molar-refractivity contribution in [2.24, 2.45) is 5.73 Å². The Morgan fingerprint density at radius 1 is 1.20 bits per heavy atom. The van der Waals surface area contributed by atoms with Gasteiger partial charge in [-0.3, -0.25) is 4.98 Å². The van der Waals surface area contributed by atoms with Crippen LogP contribution in [0, 0.1) is 13.8 Å². The minimum absolute atomic E-state index is 0.584. The van der Waals surface area contributed by atoms with Crippen LogP contribution < -0.4 is 10.5 Å². The molecule has 0 spiro atoms. The molecule has 0 saturated heterocycles. The monoisotopic (exact) mass is 288 g/mol. The van der Waals surface area contributed by atoms with Gasteiger partial charge in [-0.2, -0.15) is 0 Å². The van der Waals surface area contributed by atoms with Gasteiger partial charge in [0.05, 0.1) is 12.8 Å². The largest absolute Gasteiger partial charge is 0.496 e. The second kappa shape index (κ2) is 6.77. The van der Waals surface area contributed by atoms with E-state index in [0.29, 0.717) is 6.54 Å². The zero-order chi connectivity index (χ0) is 14.5. The molecule has 0 aliphatic rings. The van der Waals surface area contributed by atoms with Gasteiger partial charge in [-0.1, -0.05) is 12.1 Å². The van der Waals surface area contributed by atoms with Crippen LogP contribution in [0.1, 0.15) is 22.4 Å². The molecule has 0 amide bonds. The minimum atomic E-state index is 0.584. The quantitative estimate of drug-likeness (QED) is 0.856. The molecule has 0 aliphatic heterocycles. The first-order valence-corrected chi connectivity index (χ1v) is 7.55. The highest BCUT2D eigenvalue weighted by Gasteiger charge is 2.09. The molecule has 0 fully saturated rings. The van der Waals surface area contributed by atoms with E-state index in [9.17, 15) is 0 Å². The maximum absolute atomic E-state index is 5.60. The molecule has 1 aromatic carbocycles. The summed E-state index contributed by atoms with van der Waals surface area (Å²) in [6, 6.07) is 8.35. The lowest BCUT2D eigenvalue weighted by Gasteiger charge is -2.12. The van der Waals surface area contributed by atoms with Gasteiger partial charge in [0.1, 0.15) is 5.75 Å². The van der Waals surface area contributed by atoms with Crippen molar-refractivity contribution in [3.63, 3.8) is 0 Å². The van der Waals surface area contributed by atoms with Crippen LogP contribution in [-0.4, -0.2) is 12.1 Å². The third kappa shape index (κ3) is 3.32. The number of benzene rings is 1. The molecular weight excluding hydrogens is 268 g/mol. The van der Waals surface area contributed by atoms with Crippen LogP contribution in [-0.2, 0) is 12.3 Å². The number of pyridine rings is 1. The number of nitrogens with two attached hydrogens (primary N) is 1. The van der Waals surface area contributed by atoms with E-state index in [-0.39, 0.29) is 0 Å². The van der Waals surface area contributed by atoms with E-state index in [1.807, 2.05) is 13.1 Å². The number of hydrogen-bond acceptors (Lipinski definition) is 4. The van der Waals surface area contributed by atoms with E-state index < -0.39 is 0 Å². The number of methoxy groups -OCH3 is 1. The van der Waals surface area contributed by atoms with Crippen molar-refractivity contribution in [1.29, 1.82) is 0 Å². The van der Waals surface area contributed by atoms with Gasteiger partial charge in [0.2, 0.25) is 0 Å². The lowest BCUT2D eigenvalue weighted by molar-refractivity contribution is 0.407. The van der Waals surface area contributed by atoms with Gasteiger partial charge in [0.25, 0.3) is 0 Å². The third-order valence-electron chi connectivity index (χ3n) is 3.28. The molecule has 2 N–H and O–H groups in total. The van der Waals surface area contributed by atoms with Gasteiger partial charge in [-0.25, -0.2) is 0 Å². The molecule has 1 aromatic heterocycles. The number of aryl methyl sites for hydroxylation is 1. The zero-order valence-corrected chi connectivity index (χ0v) is 13.0. The van der Waals surface area contributed by atoms with Crippen LogP contribution in [0.25, 0.3) is 0 Å². The zero-order valence-electron chi connectivity index (χ0n) is 12.1. The van der Waals surface area contributed by atoms with E-state index in [0.717, 1.165) is 33.9 Å². The van der Waals surface area contributed by atoms with Gasteiger partial charge < -0.3 is 10.5 Å². The Balaban J connectivity index is 2.10. The summed E-state index contributed by atoms with van der Waals surface area (Å²) < 4.78 is 5.44. The van der Waals surface area contributed by atoms with Crippen molar-refractivity contribution in [2.75, 3.05) is 7.11 Å². The molecule has 106 valence electrons. The maximum atomic E-state index is 5.60. The lowest BCUT2D eigenvalue weighted by atomic mass is 10.1. The number of hydrogen-bond donors (Lipinski definition) is 1.